The molecule has 6 heteroatoms. The van der Waals surface area contributed by atoms with Crippen LogP contribution in [0.15, 0.2) is 53.4 Å². The summed E-state index contributed by atoms with van der Waals surface area (Å²) in [6.45, 7) is 2.94. The highest BCUT2D eigenvalue weighted by atomic mass is 32.2. The molecule has 1 fully saturated rings. The van der Waals surface area contributed by atoms with E-state index in [1.165, 1.54) is 17.3 Å². The number of thioether (sulfide) groups is 1. The zero-order valence-electron chi connectivity index (χ0n) is 13.7. The van der Waals surface area contributed by atoms with E-state index in [4.69, 9.17) is 21.7 Å². The molecular weight excluding hydrogens is 354 g/mol. The molecule has 1 saturated heterocycles. The SMILES string of the molecule is Cc1ccc(OCCOc2cccc(/C=C3\SC(=S)NC3=O)c2)cc1. The van der Waals surface area contributed by atoms with E-state index in [0.717, 1.165) is 17.1 Å². The van der Waals surface area contributed by atoms with Crippen molar-refractivity contribution in [3.63, 3.8) is 0 Å². The number of amides is 1. The molecule has 0 unspecified atom stereocenters. The van der Waals surface area contributed by atoms with Crippen molar-refractivity contribution in [2.75, 3.05) is 13.2 Å². The topological polar surface area (TPSA) is 47.6 Å². The molecule has 0 aromatic heterocycles. The van der Waals surface area contributed by atoms with Gasteiger partial charge in [0.05, 0.1) is 4.91 Å². The lowest BCUT2D eigenvalue weighted by Gasteiger charge is -2.09. The quantitative estimate of drug-likeness (QED) is 0.473. The Morgan fingerprint density at radius 3 is 2.48 bits per heavy atom. The summed E-state index contributed by atoms with van der Waals surface area (Å²) in [5.74, 6) is 1.40. The maximum atomic E-state index is 11.7. The first kappa shape index (κ1) is 17.5. The average molecular weight is 371 g/mol. The summed E-state index contributed by atoms with van der Waals surface area (Å²) in [6.07, 6.45) is 1.80. The monoisotopic (exact) mass is 371 g/mol. The maximum Gasteiger partial charge on any atom is 0.263 e. The van der Waals surface area contributed by atoms with Crippen LogP contribution in [0.5, 0.6) is 11.5 Å². The van der Waals surface area contributed by atoms with Crippen molar-refractivity contribution < 1.29 is 14.3 Å². The Bertz CT molecular complexity index is 816. The second-order valence-electron chi connectivity index (χ2n) is 5.43. The van der Waals surface area contributed by atoms with E-state index >= 15 is 0 Å². The van der Waals surface area contributed by atoms with Crippen LogP contribution in [0.25, 0.3) is 6.08 Å². The minimum absolute atomic E-state index is 0.159. The Balaban J connectivity index is 1.53. The number of carbonyl (C=O) groups excluding carboxylic acids is 1. The number of thiocarbonyl (C=S) groups is 1. The summed E-state index contributed by atoms with van der Waals surface area (Å²) in [5, 5.41) is 2.60. The van der Waals surface area contributed by atoms with Gasteiger partial charge in [0.2, 0.25) is 0 Å². The molecule has 0 bridgehead atoms. The fourth-order valence-electron chi connectivity index (χ4n) is 2.22. The molecule has 0 spiro atoms. The molecule has 4 nitrogen and oxygen atoms in total. The lowest BCUT2D eigenvalue weighted by Crippen LogP contribution is -2.17. The predicted octanol–water partition coefficient (Wildman–Crippen LogP) is 3.94. The van der Waals surface area contributed by atoms with Crippen LogP contribution in [0.3, 0.4) is 0 Å². The number of benzene rings is 2. The Kier molecular flexibility index (Phi) is 5.73. The number of carbonyl (C=O) groups is 1. The van der Waals surface area contributed by atoms with E-state index in [-0.39, 0.29) is 5.91 Å². The third-order valence-electron chi connectivity index (χ3n) is 3.44. The zero-order valence-corrected chi connectivity index (χ0v) is 15.3. The third-order valence-corrected chi connectivity index (χ3v) is 4.60. The molecule has 1 amide bonds. The van der Waals surface area contributed by atoms with Gasteiger partial charge < -0.3 is 14.8 Å². The van der Waals surface area contributed by atoms with Crippen molar-refractivity contribution in [1.29, 1.82) is 0 Å². The van der Waals surface area contributed by atoms with Gasteiger partial charge >= 0.3 is 0 Å². The van der Waals surface area contributed by atoms with E-state index < -0.39 is 0 Å². The summed E-state index contributed by atoms with van der Waals surface area (Å²) in [4.78, 5) is 12.3. The molecule has 128 valence electrons. The minimum atomic E-state index is -0.159. The standard InChI is InChI=1S/C19H17NO3S2/c1-13-5-7-15(8-6-13)22-9-10-23-16-4-2-3-14(11-16)12-17-18(21)20-19(24)25-17/h2-8,11-12H,9-10H2,1H3,(H,20,21,24)/b17-12-. The van der Waals surface area contributed by atoms with Gasteiger partial charge in [0.25, 0.3) is 5.91 Å². The normalized spacial score (nSPS) is 15.3. The van der Waals surface area contributed by atoms with Gasteiger partial charge in [-0.3, -0.25) is 4.79 Å². The minimum Gasteiger partial charge on any atom is -0.490 e. The summed E-state index contributed by atoms with van der Waals surface area (Å²) < 4.78 is 11.8. The lowest BCUT2D eigenvalue weighted by atomic mass is 10.2. The van der Waals surface area contributed by atoms with Gasteiger partial charge in [-0.2, -0.15) is 0 Å². The van der Waals surface area contributed by atoms with Gasteiger partial charge in [0.15, 0.2) is 0 Å². The number of aryl methyl sites for hydroxylation is 1. The Morgan fingerprint density at radius 2 is 1.80 bits per heavy atom. The molecule has 0 saturated carbocycles. The molecule has 2 aromatic carbocycles. The molecule has 1 heterocycles. The number of hydrogen-bond acceptors (Lipinski definition) is 5. The van der Waals surface area contributed by atoms with Crippen LogP contribution in [0.1, 0.15) is 11.1 Å². The van der Waals surface area contributed by atoms with Crippen LogP contribution < -0.4 is 14.8 Å². The van der Waals surface area contributed by atoms with Crippen molar-refractivity contribution in [2.45, 2.75) is 6.92 Å². The second-order valence-corrected chi connectivity index (χ2v) is 7.15. The first-order valence-corrected chi connectivity index (χ1v) is 9.00. The van der Waals surface area contributed by atoms with E-state index in [1.54, 1.807) is 6.08 Å². The number of hydrogen-bond donors (Lipinski definition) is 1. The van der Waals surface area contributed by atoms with Gasteiger partial charge in [-0.05, 0) is 42.8 Å². The van der Waals surface area contributed by atoms with Crippen LogP contribution in [-0.2, 0) is 4.79 Å². The van der Waals surface area contributed by atoms with Crippen molar-refractivity contribution in [1.82, 2.24) is 5.32 Å². The van der Waals surface area contributed by atoms with Crippen molar-refractivity contribution >= 4 is 40.3 Å². The van der Waals surface area contributed by atoms with Crippen molar-refractivity contribution in [3.05, 3.63) is 64.6 Å². The van der Waals surface area contributed by atoms with Crippen molar-refractivity contribution in [3.8, 4) is 11.5 Å². The van der Waals surface area contributed by atoms with Crippen LogP contribution in [0.4, 0.5) is 0 Å². The summed E-state index contributed by atoms with van der Waals surface area (Å²) >= 11 is 6.25. The van der Waals surface area contributed by atoms with E-state index in [0.29, 0.717) is 22.4 Å². The number of ether oxygens (including phenoxy) is 2. The summed E-state index contributed by atoms with van der Waals surface area (Å²) in [6, 6.07) is 15.5. The Labute approximate surface area is 156 Å². The summed E-state index contributed by atoms with van der Waals surface area (Å²) in [7, 11) is 0. The molecule has 0 radical (unpaired) electrons. The molecule has 1 aliphatic heterocycles. The van der Waals surface area contributed by atoms with E-state index in [1.807, 2.05) is 55.5 Å². The Hall–Kier alpha value is -2.31. The van der Waals surface area contributed by atoms with E-state index in [9.17, 15) is 4.79 Å². The van der Waals surface area contributed by atoms with Crippen LogP contribution in [0.2, 0.25) is 0 Å². The third kappa shape index (κ3) is 5.08. The lowest BCUT2D eigenvalue weighted by molar-refractivity contribution is -0.115. The van der Waals surface area contributed by atoms with Gasteiger partial charge in [0.1, 0.15) is 29.0 Å². The number of nitrogens with one attached hydrogen (secondary N) is 1. The molecule has 25 heavy (non-hydrogen) atoms. The summed E-state index contributed by atoms with van der Waals surface area (Å²) in [5.41, 5.74) is 2.09. The molecule has 0 atom stereocenters. The first-order chi connectivity index (χ1) is 12.1. The average Bonchev–Trinajstić information content (AvgIpc) is 2.91. The molecular formula is C19H17NO3S2. The van der Waals surface area contributed by atoms with E-state index in [2.05, 4.69) is 5.32 Å². The van der Waals surface area contributed by atoms with Gasteiger partial charge in [-0.25, -0.2) is 0 Å². The van der Waals surface area contributed by atoms with Crippen molar-refractivity contribution in [2.24, 2.45) is 0 Å². The molecule has 3 rings (SSSR count). The number of rotatable bonds is 6. The molecule has 1 N–H and O–H groups in total. The highest BCUT2D eigenvalue weighted by molar-refractivity contribution is 8.26. The van der Waals surface area contributed by atoms with Gasteiger partial charge in [-0.1, -0.05) is 53.8 Å². The highest BCUT2D eigenvalue weighted by Gasteiger charge is 2.21. The Morgan fingerprint density at radius 1 is 1.08 bits per heavy atom. The van der Waals surface area contributed by atoms with Gasteiger partial charge in [0, 0.05) is 0 Å². The first-order valence-electron chi connectivity index (χ1n) is 7.77. The van der Waals surface area contributed by atoms with Crippen LogP contribution in [-0.4, -0.2) is 23.4 Å². The largest absolute Gasteiger partial charge is 0.490 e. The zero-order chi connectivity index (χ0) is 17.6. The van der Waals surface area contributed by atoms with Crippen LogP contribution in [0, 0.1) is 6.92 Å². The molecule has 2 aromatic rings. The molecule has 1 aliphatic rings. The maximum absolute atomic E-state index is 11.7. The fourth-order valence-corrected chi connectivity index (χ4v) is 3.26. The van der Waals surface area contributed by atoms with Gasteiger partial charge in [-0.15, -0.1) is 0 Å². The molecule has 0 aliphatic carbocycles. The smallest absolute Gasteiger partial charge is 0.263 e. The predicted molar refractivity (Wildman–Crippen MR) is 105 cm³/mol. The second kappa shape index (κ2) is 8.18. The fraction of sp³-hybridized carbons (Fsp3) is 0.158. The van der Waals surface area contributed by atoms with Crippen LogP contribution >= 0.6 is 24.0 Å². The highest BCUT2D eigenvalue weighted by Crippen LogP contribution is 2.26.